The Morgan fingerprint density at radius 3 is 2.70 bits per heavy atom. The first-order valence-electron chi connectivity index (χ1n) is 12.4. The van der Waals surface area contributed by atoms with Crippen LogP contribution in [0.15, 0.2) is 24.3 Å². The van der Waals surface area contributed by atoms with Gasteiger partial charge in [0.25, 0.3) is 0 Å². The van der Waals surface area contributed by atoms with Crippen LogP contribution in [0.5, 0.6) is 0 Å². The van der Waals surface area contributed by atoms with Crippen LogP contribution in [0.3, 0.4) is 0 Å². The van der Waals surface area contributed by atoms with Crippen LogP contribution in [-0.2, 0) is 19.0 Å². The van der Waals surface area contributed by atoms with Gasteiger partial charge in [0.05, 0.1) is 7.11 Å². The molecular weight excluding hydrogens is 376 g/mol. The number of carbonyl (C=O) groups is 1. The third-order valence-electron chi connectivity index (χ3n) is 6.44. The molecule has 1 heterocycles. The van der Waals surface area contributed by atoms with Crippen molar-refractivity contribution in [2.75, 3.05) is 13.7 Å². The second kappa shape index (κ2) is 15.6. The number of esters is 1. The zero-order valence-corrected chi connectivity index (χ0v) is 19.4. The third-order valence-corrected chi connectivity index (χ3v) is 6.44. The summed E-state index contributed by atoms with van der Waals surface area (Å²) in [4.78, 5) is 12.1. The molecule has 0 amide bonds. The fraction of sp³-hybridized carbons (Fsp3) is 0.808. The summed E-state index contributed by atoms with van der Waals surface area (Å²) in [6.07, 6.45) is 24.9. The second-order valence-corrected chi connectivity index (χ2v) is 8.86. The monoisotopic (exact) mass is 420 g/mol. The molecule has 1 aliphatic carbocycles. The molecule has 1 saturated carbocycles. The van der Waals surface area contributed by atoms with Gasteiger partial charge < -0.3 is 14.2 Å². The Hall–Kier alpha value is -1.13. The first kappa shape index (κ1) is 25.1. The van der Waals surface area contributed by atoms with Crippen LogP contribution in [0.4, 0.5) is 0 Å². The largest absolute Gasteiger partial charge is 0.467 e. The molecule has 0 spiro atoms. The minimum absolute atomic E-state index is 0.264. The van der Waals surface area contributed by atoms with Gasteiger partial charge in [0.1, 0.15) is 0 Å². The molecule has 0 bridgehead atoms. The van der Waals surface area contributed by atoms with Gasteiger partial charge in [0, 0.05) is 6.61 Å². The van der Waals surface area contributed by atoms with Crippen LogP contribution in [-0.4, -0.2) is 32.1 Å². The summed E-state index contributed by atoms with van der Waals surface area (Å²) in [5, 5.41) is 0. The molecule has 2 rings (SSSR count). The number of carbonyl (C=O) groups excluding carboxylic acids is 1. The van der Waals surface area contributed by atoms with Crippen molar-refractivity contribution in [1.82, 2.24) is 0 Å². The standard InChI is InChI=1S/C26H44O4/c1-3-4-5-6-7-9-15-22-17-14-18-23(22)16-10-8-11-19-24(26(27)28-2)30-25-20-12-13-21-29-25/h8-10,15,22-25H,3-7,11-14,16-21H2,1-2H3/t22-,23-,24?,25?/m0/s1. The highest BCUT2D eigenvalue weighted by Crippen LogP contribution is 2.35. The van der Waals surface area contributed by atoms with Crippen molar-refractivity contribution < 1.29 is 19.0 Å². The Morgan fingerprint density at radius 2 is 1.93 bits per heavy atom. The lowest BCUT2D eigenvalue weighted by Crippen LogP contribution is -2.33. The Kier molecular flexibility index (Phi) is 13.1. The van der Waals surface area contributed by atoms with E-state index in [1.165, 1.54) is 58.5 Å². The first-order chi connectivity index (χ1) is 14.7. The van der Waals surface area contributed by atoms with Gasteiger partial charge in [-0.25, -0.2) is 4.79 Å². The SMILES string of the molecule is CCCCCCC=C[C@H]1CCC[C@@H]1CC=CCCC(OC1CCCCO1)C(=O)OC. The lowest BCUT2D eigenvalue weighted by molar-refractivity contribution is -0.203. The fourth-order valence-corrected chi connectivity index (χ4v) is 4.58. The average Bonchev–Trinajstić information content (AvgIpc) is 3.22. The number of hydrogen-bond donors (Lipinski definition) is 0. The van der Waals surface area contributed by atoms with Gasteiger partial charge in [-0.1, -0.05) is 56.9 Å². The maximum atomic E-state index is 12.1. The molecule has 0 N–H and O–H groups in total. The lowest BCUT2D eigenvalue weighted by atomic mass is 9.92. The van der Waals surface area contributed by atoms with E-state index in [9.17, 15) is 4.79 Å². The molecule has 1 saturated heterocycles. The van der Waals surface area contributed by atoms with Crippen LogP contribution >= 0.6 is 0 Å². The van der Waals surface area contributed by atoms with Crippen molar-refractivity contribution in [3.05, 3.63) is 24.3 Å². The molecule has 4 heteroatoms. The normalized spacial score (nSPS) is 25.9. The predicted octanol–water partition coefficient (Wildman–Crippen LogP) is 6.74. The average molecular weight is 421 g/mol. The van der Waals surface area contributed by atoms with Crippen LogP contribution in [0.2, 0.25) is 0 Å². The smallest absolute Gasteiger partial charge is 0.335 e. The number of ether oxygens (including phenoxy) is 3. The van der Waals surface area contributed by atoms with Crippen LogP contribution < -0.4 is 0 Å². The molecule has 2 unspecified atom stereocenters. The minimum Gasteiger partial charge on any atom is -0.467 e. The van der Waals surface area contributed by atoms with E-state index in [1.807, 2.05) is 0 Å². The van der Waals surface area contributed by atoms with Crippen molar-refractivity contribution in [3.63, 3.8) is 0 Å². The highest BCUT2D eigenvalue weighted by Gasteiger charge is 2.26. The maximum absolute atomic E-state index is 12.1. The molecule has 2 fully saturated rings. The molecule has 172 valence electrons. The van der Waals surface area contributed by atoms with E-state index < -0.39 is 6.10 Å². The quantitative estimate of drug-likeness (QED) is 0.177. The van der Waals surface area contributed by atoms with E-state index in [2.05, 4.69) is 31.2 Å². The Morgan fingerprint density at radius 1 is 1.03 bits per heavy atom. The van der Waals surface area contributed by atoms with Gasteiger partial charge in [-0.15, -0.1) is 0 Å². The zero-order chi connectivity index (χ0) is 21.4. The molecule has 4 nitrogen and oxygen atoms in total. The van der Waals surface area contributed by atoms with Crippen molar-refractivity contribution in [1.29, 1.82) is 0 Å². The molecule has 0 aromatic rings. The van der Waals surface area contributed by atoms with E-state index in [0.717, 1.165) is 43.9 Å². The molecule has 2 aliphatic rings. The molecule has 0 radical (unpaired) electrons. The van der Waals surface area contributed by atoms with Gasteiger partial charge in [0.2, 0.25) is 0 Å². The number of allylic oxidation sites excluding steroid dienone is 4. The number of rotatable bonds is 14. The Bertz CT molecular complexity index is 507. The van der Waals surface area contributed by atoms with E-state index in [-0.39, 0.29) is 12.3 Å². The molecule has 4 atom stereocenters. The highest BCUT2D eigenvalue weighted by molar-refractivity contribution is 5.74. The topological polar surface area (TPSA) is 44.8 Å². The molecule has 0 aromatic heterocycles. The second-order valence-electron chi connectivity index (χ2n) is 8.86. The van der Waals surface area contributed by atoms with Crippen molar-refractivity contribution in [2.24, 2.45) is 11.8 Å². The Balaban J connectivity index is 1.67. The molecule has 1 aliphatic heterocycles. The van der Waals surface area contributed by atoms with Crippen LogP contribution in [0.1, 0.15) is 96.8 Å². The van der Waals surface area contributed by atoms with Gasteiger partial charge in [-0.2, -0.15) is 0 Å². The van der Waals surface area contributed by atoms with Crippen molar-refractivity contribution >= 4 is 5.97 Å². The summed E-state index contributed by atoms with van der Waals surface area (Å²) in [7, 11) is 1.42. The van der Waals surface area contributed by atoms with E-state index in [1.54, 1.807) is 0 Å². The van der Waals surface area contributed by atoms with Gasteiger partial charge in [-0.3, -0.25) is 0 Å². The summed E-state index contributed by atoms with van der Waals surface area (Å²) in [5.41, 5.74) is 0. The van der Waals surface area contributed by atoms with E-state index in [0.29, 0.717) is 13.0 Å². The summed E-state index contributed by atoms with van der Waals surface area (Å²) in [6.45, 7) is 2.98. The molecule has 30 heavy (non-hydrogen) atoms. The number of methoxy groups -OCH3 is 1. The Labute approximate surface area is 184 Å². The van der Waals surface area contributed by atoms with Crippen molar-refractivity contribution in [2.45, 2.75) is 109 Å². The zero-order valence-electron chi connectivity index (χ0n) is 19.4. The minimum atomic E-state index is -0.530. The summed E-state index contributed by atoms with van der Waals surface area (Å²) >= 11 is 0. The summed E-state index contributed by atoms with van der Waals surface area (Å²) < 4.78 is 16.4. The van der Waals surface area contributed by atoms with Gasteiger partial charge >= 0.3 is 5.97 Å². The maximum Gasteiger partial charge on any atom is 0.335 e. The highest BCUT2D eigenvalue weighted by atomic mass is 16.7. The summed E-state index contributed by atoms with van der Waals surface area (Å²) in [6, 6.07) is 0. The molecular formula is C26H44O4. The number of hydrogen-bond acceptors (Lipinski definition) is 4. The van der Waals surface area contributed by atoms with Crippen LogP contribution in [0, 0.1) is 11.8 Å². The van der Waals surface area contributed by atoms with E-state index in [4.69, 9.17) is 14.2 Å². The van der Waals surface area contributed by atoms with E-state index >= 15 is 0 Å². The summed E-state index contributed by atoms with van der Waals surface area (Å²) in [5.74, 6) is 1.23. The fourth-order valence-electron chi connectivity index (χ4n) is 4.58. The van der Waals surface area contributed by atoms with Gasteiger partial charge in [-0.05, 0) is 76.0 Å². The van der Waals surface area contributed by atoms with Gasteiger partial charge in [0.15, 0.2) is 12.4 Å². The predicted molar refractivity (Wildman–Crippen MR) is 122 cm³/mol. The van der Waals surface area contributed by atoms with Crippen LogP contribution in [0.25, 0.3) is 0 Å². The van der Waals surface area contributed by atoms with Crippen molar-refractivity contribution in [3.8, 4) is 0 Å². The third kappa shape index (κ3) is 9.78. The lowest BCUT2D eigenvalue weighted by Gasteiger charge is -2.26. The molecule has 0 aromatic carbocycles. The first-order valence-corrected chi connectivity index (χ1v) is 12.4. The number of unbranched alkanes of at least 4 members (excludes halogenated alkanes) is 4.